The Hall–Kier alpha value is -0.590. The van der Waals surface area contributed by atoms with Crippen molar-refractivity contribution in [2.75, 3.05) is 13.1 Å². The van der Waals surface area contributed by atoms with Gasteiger partial charge in [-0.3, -0.25) is 4.90 Å². The first-order valence-corrected chi connectivity index (χ1v) is 8.60. The Balaban J connectivity index is 2.14. The molecule has 0 aromatic heterocycles. The van der Waals surface area contributed by atoms with Crippen LogP contribution in [0.5, 0.6) is 0 Å². The molecule has 1 aliphatic carbocycles. The van der Waals surface area contributed by atoms with Crippen molar-refractivity contribution in [3.05, 3.63) is 0 Å². The molecule has 3 unspecified atom stereocenters. The molecule has 21 heavy (non-hydrogen) atoms. The molecule has 0 aromatic rings. The minimum absolute atomic E-state index is 0.126. The van der Waals surface area contributed by atoms with Crippen LogP contribution in [0.3, 0.4) is 0 Å². The van der Waals surface area contributed by atoms with Gasteiger partial charge in [-0.05, 0) is 52.9 Å². The third-order valence-corrected chi connectivity index (χ3v) is 4.98. The predicted octanol–water partition coefficient (Wildman–Crippen LogP) is 3.98. The van der Waals surface area contributed by atoms with E-state index in [1.807, 2.05) is 0 Å². The summed E-state index contributed by atoms with van der Waals surface area (Å²) in [6, 6.07) is 3.01. The Labute approximate surface area is 130 Å². The van der Waals surface area contributed by atoms with Gasteiger partial charge in [-0.25, -0.2) is 0 Å². The first-order valence-electron chi connectivity index (χ1n) is 8.60. The molecule has 2 fully saturated rings. The fourth-order valence-electron chi connectivity index (χ4n) is 4.54. The van der Waals surface area contributed by atoms with Gasteiger partial charge in [0.15, 0.2) is 0 Å². The molecule has 0 aromatic carbocycles. The van der Waals surface area contributed by atoms with Gasteiger partial charge < -0.3 is 4.74 Å². The first-order chi connectivity index (χ1) is 9.76. The molecule has 1 aliphatic heterocycles. The molecule has 2 rings (SSSR count). The van der Waals surface area contributed by atoms with E-state index >= 15 is 0 Å². The number of nitrogens with zero attached hydrogens (tertiary/aromatic N) is 2. The van der Waals surface area contributed by atoms with Crippen molar-refractivity contribution >= 4 is 0 Å². The quantitative estimate of drug-likeness (QED) is 0.789. The zero-order valence-electron chi connectivity index (χ0n) is 14.5. The van der Waals surface area contributed by atoms with Crippen molar-refractivity contribution in [2.24, 2.45) is 11.8 Å². The number of rotatable bonds is 3. The Morgan fingerprint density at radius 3 is 2.29 bits per heavy atom. The van der Waals surface area contributed by atoms with Gasteiger partial charge in [0.1, 0.15) is 0 Å². The van der Waals surface area contributed by atoms with E-state index in [9.17, 15) is 5.26 Å². The van der Waals surface area contributed by atoms with Crippen LogP contribution in [0.15, 0.2) is 0 Å². The van der Waals surface area contributed by atoms with Gasteiger partial charge in [-0.1, -0.05) is 19.8 Å². The summed E-state index contributed by atoms with van der Waals surface area (Å²) >= 11 is 0. The molecule has 2 aliphatic rings. The smallest absolute Gasteiger partial charge is 0.0760 e. The highest BCUT2D eigenvalue weighted by Crippen LogP contribution is 2.38. The normalized spacial score (nSPS) is 36.1. The first kappa shape index (κ1) is 16.8. The van der Waals surface area contributed by atoms with Gasteiger partial charge in [0.05, 0.1) is 23.2 Å². The molecule has 0 radical (unpaired) electrons. The number of morpholine rings is 1. The van der Waals surface area contributed by atoms with Gasteiger partial charge in [0, 0.05) is 19.1 Å². The van der Waals surface area contributed by atoms with Crippen molar-refractivity contribution < 1.29 is 4.74 Å². The molecule has 3 atom stereocenters. The van der Waals surface area contributed by atoms with Crippen molar-refractivity contribution in [1.29, 1.82) is 5.26 Å². The van der Waals surface area contributed by atoms with E-state index < -0.39 is 0 Å². The molecule has 0 spiro atoms. The monoisotopic (exact) mass is 292 g/mol. The van der Waals surface area contributed by atoms with E-state index in [1.54, 1.807) is 0 Å². The van der Waals surface area contributed by atoms with Crippen LogP contribution in [-0.4, -0.2) is 35.2 Å². The number of nitriles is 1. The van der Waals surface area contributed by atoms with Crippen molar-refractivity contribution in [1.82, 2.24) is 4.90 Å². The van der Waals surface area contributed by atoms with Crippen molar-refractivity contribution in [2.45, 2.75) is 84.0 Å². The molecule has 0 bridgehead atoms. The summed E-state index contributed by atoms with van der Waals surface area (Å²) in [5.74, 6) is 1.00. The minimum atomic E-state index is -0.126. The molecule has 1 heterocycles. The second-order valence-corrected chi connectivity index (χ2v) is 8.30. The number of hydrogen-bond acceptors (Lipinski definition) is 3. The average molecular weight is 292 g/mol. The van der Waals surface area contributed by atoms with E-state index in [-0.39, 0.29) is 17.1 Å². The fraction of sp³-hybridized carbons (Fsp3) is 0.944. The van der Waals surface area contributed by atoms with E-state index in [2.05, 4.69) is 45.6 Å². The molecule has 120 valence electrons. The Kier molecular flexibility index (Phi) is 5.00. The Morgan fingerprint density at radius 2 is 1.76 bits per heavy atom. The zero-order chi connectivity index (χ0) is 15.7. The van der Waals surface area contributed by atoms with Crippen molar-refractivity contribution in [3.63, 3.8) is 0 Å². The van der Waals surface area contributed by atoms with Gasteiger partial charge in [0.2, 0.25) is 0 Å². The SMILES string of the molecule is CCCC1CCC(C#N)C(N2CC(C)(C)OC(C)(C)C2)C1. The van der Waals surface area contributed by atoms with Gasteiger partial charge in [0.25, 0.3) is 0 Å². The summed E-state index contributed by atoms with van der Waals surface area (Å²) in [7, 11) is 0. The molecular formula is C18H32N2O. The average Bonchev–Trinajstić information content (AvgIpc) is 2.35. The van der Waals surface area contributed by atoms with Gasteiger partial charge in [-0.15, -0.1) is 0 Å². The Morgan fingerprint density at radius 1 is 1.14 bits per heavy atom. The molecular weight excluding hydrogens is 260 g/mol. The lowest BCUT2D eigenvalue weighted by molar-refractivity contribution is -0.192. The molecule has 3 heteroatoms. The second-order valence-electron chi connectivity index (χ2n) is 8.30. The lowest BCUT2D eigenvalue weighted by Gasteiger charge is -2.52. The van der Waals surface area contributed by atoms with E-state index in [0.29, 0.717) is 6.04 Å². The molecule has 0 N–H and O–H groups in total. The van der Waals surface area contributed by atoms with Crippen LogP contribution in [0.4, 0.5) is 0 Å². The largest absolute Gasteiger partial charge is 0.367 e. The van der Waals surface area contributed by atoms with Crippen LogP contribution in [0, 0.1) is 23.2 Å². The lowest BCUT2D eigenvalue weighted by Crippen LogP contribution is -2.61. The summed E-state index contributed by atoms with van der Waals surface area (Å²) in [5.41, 5.74) is -0.251. The van der Waals surface area contributed by atoms with Crippen LogP contribution in [0.1, 0.15) is 66.7 Å². The zero-order valence-corrected chi connectivity index (χ0v) is 14.5. The molecule has 1 saturated carbocycles. The van der Waals surface area contributed by atoms with Crippen LogP contribution < -0.4 is 0 Å². The molecule has 1 saturated heterocycles. The lowest BCUT2D eigenvalue weighted by atomic mass is 9.75. The van der Waals surface area contributed by atoms with Crippen LogP contribution in [0.2, 0.25) is 0 Å². The Bertz CT molecular complexity index is 381. The van der Waals surface area contributed by atoms with Crippen LogP contribution in [-0.2, 0) is 4.74 Å². The van der Waals surface area contributed by atoms with Gasteiger partial charge >= 0.3 is 0 Å². The number of ether oxygens (including phenoxy) is 1. The molecule has 3 nitrogen and oxygen atoms in total. The summed E-state index contributed by atoms with van der Waals surface area (Å²) in [6.07, 6.45) is 6.07. The van der Waals surface area contributed by atoms with Gasteiger partial charge in [-0.2, -0.15) is 5.26 Å². The van der Waals surface area contributed by atoms with Crippen LogP contribution in [0.25, 0.3) is 0 Å². The summed E-state index contributed by atoms with van der Waals surface area (Å²) in [6.45, 7) is 12.9. The number of hydrogen-bond donors (Lipinski definition) is 0. The minimum Gasteiger partial charge on any atom is -0.367 e. The maximum Gasteiger partial charge on any atom is 0.0760 e. The topological polar surface area (TPSA) is 36.3 Å². The predicted molar refractivity (Wildman–Crippen MR) is 86.0 cm³/mol. The van der Waals surface area contributed by atoms with E-state index in [0.717, 1.165) is 25.4 Å². The third kappa shape index (κ3) is 4.20. The summed E-state index contributed by atoms with van der Waals surface area (Å²) in [4.78, 5) is 2.55. The standard InChI is InChI=1S/C18H32N2O/c1-6-7-14-8-9-15(11-19)16(10-14)20-12-17(2,3)21-18(4,5)13-20/h14-16H,6-10,12-13H2,1-5H3. The van der Waals surface area contributed by atoms with Crippen molar-refractivity contribution in [3.8, 4) is 6.07 Å². The van der Waals surface area contributed by atoms with E-state index in [4.69, 9.17) is 4.74 Å². The van der Waals surface area contributed by atoms with Crippen LogP contribution >= 0.6 is 0 Å². The molecule has 0 amide bonds. The summed E-state index contributed by atoms with van der Waals surface area (Å²) < 4.78 is 6.20. The highest BCUT2D eigenvalue weighted by Gasteiger charge is 2.43. The maximum atomic E-state index is 9.56. The second kappa shape index (κ2) is 6.26. The fourth-order valence-corrected chi connectivity index (χ4v) is 4.54. The van der Waals surface area contributed by atoms with E-state index in [1.165, 1.54) is 25.7 Å². The highest BCUT2D eigenvalue weighted by atomic mass is 16.5. The summed E-state index contributed by atoms with van der Waals surface area (Å²) in [5, 5.41) is 9.56. The third-order valence-electron chi connectivity index (χ3n) is 4.98. The highest BCUT2D eigenvalue weighted by molar-refractivity contribution is 5.01. The maximum absolute atomic E-state index is 9.56.